The minimum absolute atomic E-state index is 0.00106. The minimum Gasteiger partial charge on any atom is -0.492 e. The number of carboxylic acids is 1. The highest BCUT2D eigenvalue weighted by Gasteiger charge is 2.18. The highest BCUT2D eigenvalue weighted by molar-refractivity contribution is 9.10. The summed E-state index contributed by atoms with van der Waals surface area (Å²) in [7, 11) is -4.16. The van der Waals surface area contributed by atoms with Crippen molar-refractivity contribution >= 4 is 31.9 Å². The van der Waals surface area contributed by atoms with Gasteiger partial charge in [0.05, 0.1) is 17.5 Å². The van der Waals surface area contributed by atoms with Gasteiger partial charge in [0.25, 0.3) is 0 Å². The van der Waals surface area contributed by atoms with E-state index < -0.39 is 26.7 Å². The first kappa shape index (κ1) is 14.9. The molecule has 3 N–H and O–H groups in total. The molecule has 0 saturated carbocycles. The summed E-state index contributed by atoms with van der Waals surface area (Å²) in [6, 6.07) is 1.78. The van der Waals surface area contributed by atoms with Gasteiger partial charge in [0.15, 0.2) is 0 Å². The largest absolute Gasteiger partial charge is 0.492 e. The van der Waals surface area contributed by atoms with Crippen LogP contribution in [0.2, 0.25) is 0 Å². The van der Waals surface area contributed by atoms with Gasteiger partial charge in [-0.2, -0.15) is 0 Å². The molecule has 1 rings (SSSR count). The molecule has 0 bridgehead atoms. The molecule has 9 heteroatoms. The van der Waals surface area contributed by atoms with Gasteiger partial charge in [-0.3, -0.25) is 4.79 Å². The number of benzene rings is 1. The second kappa shape index (κ2) is 5.63. The highest BCUT2D eigenvalue weighted by Crippen LogP contribution is 2.29. The molecule has 100 valence electrons. The maximum atomic E-state index is 13.4. The van der Waals surface area contributed by atoms with Gasteiger partial charge < -0.3 is 9.84 Å². The fraction of sp³-hybridized carbons (Fsp3) is 0.222. The van der Waals surface area contributed by atoms with Gasteiger partial charge in [0.1, 0.15) is 16.5 Å². The Labute approximate surface area is 111 Å². The van der Waals surface area contributed by atoms with Gasteiger partial charge in [-0.15, -0.1) is 0 Å². The average Bonchev–Trinajstić information content (AvgIpc) is 2.20. The molecule has 0 unspecified atom stereocenters. The smallest absolute Gasteiger partial charge is 0.306 e. The fourth-order valence-corrected chi connectivity index (χ4v) is 2.31. The number of sulfonamides is 1. The molecule has 0 aliphatic rings. The number of primary sulfonamides is 1. The van der Waals surface area contributed by atoms with Gasteiger partial charge in [-0.25, -0.2) is 17.9 Å². The van der Waals surface area contributed by atoms with Crippen LogP contribution in [0, 0.1) is 5.82 Å². The van der Waals surface area contributed by atoms with Crippen LogP contribution in [0.25, 0.3) is 0 Å². The normalized spacial score (nSPS) is 11.3. The van der Waals surface area contributed by atoms with E-state index in [1.165, 1.54) is 0 Å². The Balaban J connectivity index is 2.97. The molecule has 18 heavy (non-hydrogen) atoms. The summed E-state index contributed by atoms with van der Waals surface area (Å²) in [5.41, 5.74) is 0. The Hall–Kier alpha value is -1.19. The number of nitrogens with two attached hydrogens (primary N) is 1. The SMILES string of the molecule is NS(=O)(=O)c1cc(Br)c(OCCC(=O)O)cc1F. The fourth-order valence-electron chi connectivity index (χ4n) is 1.09. The third-order valence-electron chi connectivity index (χ3n) is 1.87. The molecular formula is C9H9BrFNO5S. The van der Waals surface area contributed by atoms with Crippen molar-refractivity contribution in [2.45, 2.75) is 11.3 Å². The van der Waals surface area contributed by atoms with Crippen molar-refractivity contribution in [3.8, 4) is 5.75 Å². The molecule has 0 aromatic heterocycles. The minimum atomic E-state index is -4.16. The maximum absolute atomic E-state index is 13.4. The van der Waals surface area contributed by atoms with Crippen LogP contribution in [0.4, 0.5) is 4.39 Å². The van der Waals surface area contributed by atoms with Crippen molar-refractivity contribution in [2.75, 3.05) is 6.61 Å². The average molecular weight is 342 g/mol. The quantitative estimate of drug-likeness (QED) is 0.833. The molecule has 0 aliphatic heterocycles. The molecule has 0 spiro atoms. The van der Waals surface area contributed by atoms with Crippen LogP contribution in [0.5, 0.6) is 5.75 Å². The molecule has 0 radical (unpaired) electrons. The van der Waals surface area contributed by atoms with Crippen LogP contribution in [0.1, 0.15) is 6.42 Å². The first-order valence-corrected chi connectivity index (χ1v) is 6.92. The number of rotatable bonds is 5. The zero-order valence-corrected chi connectivity index (χ0v) is 11.3. The number of carbonyl (C=O) groups is 1. The van der Waals surface area contributed by atoms with Crippen molar-refractivity contribution in [2.24, 2.45) is 5.14 Å². The van der Waals surface area contributed by atoms with Gasteiger partial charge in [0, 0.05) is 6.07 Å². The number of ether oxygens (including phenoxy) is 1. The summed E-state index contributed by atoms with van der Waals surface area (Å²) in [5, 5.41) is 13.2. The summed E-state index contributed by atoms with van der Waals surface area (Å²) >= 11 is 2.98. The molecule has 6 nitrogen and oxygen atoms in total. The number of hydrogen-bond acceptors (Lipinski definition) is 4. The summed E-state index contributed by atoms with van der Waals surface area (Å²) in [6.45, 7) is -0.165. The summed E-state index contributed by atoms with van der Waals surface area (Å²) in [6.07, 6.45) is -0.259. The van der Waals surface area contributed by atoms with Crippen LogP contribution >= 0.6 is 15.9 Å². The zero-order chi connectivity index (χ0) is 13.9. The van der Waals surface area contributed by atoms with Crippen molar-refractivity contribution in [1.29, 1.82) is 0 Å². The van der Waals surface area contributed by atoms with E-state index in [0.717, 1.165) is 12.1 Å². The van der Waals surface area contributed by atoms with E-state index in [9.17, 15) is 17.6 Å². The van der Waals surface area contributed by atoms with Crippen LogP contribution in [0.15, 0.2) is 21.5 Å². The Morgan fingerprint density at radius 1 is 1.50 bits per heavy atom. The van der Waals surface area contributed by atoms with E-state index in [4.69, 9.17) is 15.0 Å². The number of carboxylic acid groups (broad SMARTS) is 1. The number of aliphatic carboxylic acids is 1. The lowest BCUT2D eigenvalue weighted by molar-refractivity contribution is -0.137. The van der Waals surface area contributed by atoms with Crippen molar-refractivity contribution in [1.82, 2.24) is 0 Å². The molecule has 0 fully saturated rings. The molecular weight excluding hydrogens is 333 g/mol. The predicted octanol–water partition coefficient (Wildman–Crippen LogP) is 1.09. The van der Waals surface area contributed by atoms with E-state index >= 15 is 0 Å². The van der Waals surface area contributed by atoms with Crippen LogP contribution in [0.3, 0.4) is 0 Å². The molecule has 0 saturated heterocycles. The van der Waals surface area contributed by atoms with E-state index in [0.29, 0.717) is 0 Å². The Bertz CT molecular complexity index is 575. The van der Waals surface area contributed by atoms with Crippen molar-refractivity contribution in [3.05, 3.63) is 22.4 Å². The van der Waals surface area contributed by atoms with Crippen LogP contribution in [-0.2, 0) is 14.8 Å². The second-order valence-electron chi connectivity index (χ2n) is 3.25. The third-order valence-corrected chi connectivity index (χ3v) is 3.41. The molecule has 0 amide bonds. The number of hydrogen-bond donors (Lipinski definition) is 2. The van der Waals surface area contributed by atoms with Crippen LogP contribution in [-0.4, -0.2) is 26.1 Å². The number of halogens is 2. The lowest BCUT2D eigenvalue weighted by Gasteiger charge is -2.09. The standard InChI is InChI=1S/C9H9BrFNO5S/c10-5-3-8(18(12,15)16)6(11)4-7(5)17-2-1-9(13)14/h3-4H,1-2H2,(H,13,14)(H2,12,15,16). The summed E-state index contributed by atoms with van der Waals surface area (Å²) in [5.74, 6) is -2.13. The van der Waals surface area contributed by atoms with Gasteiger partial charge in [-0.1, -0.05) is 0 Å². The molecule has 0 heterocycles. The summed E-state index contributed by atoms with van der Waals surface area (Å²) in [4.78, 5) is 9.60. The lowest BCUT2D eigenvalue weighted by Crippen LogP contribution is -2.14. The van der Waals surface area contributed by atoms with E-state index in [1.807, 2.05) is 0 Å². The van der Waals surface area contributed by atoms with Gasteiger partial charge in [-0.05, 0) is 22.0 Å². The summed E-state index contributed by atoms with van der Waals surface area (Å²) < 4.78 is 40.6. The van der Waals surface area contributed by atoms with Gasteiger partial charge >= 0.3 is 5.97 Å². The van der Waals surface area contributed by atoms with Gasteiger partial charge in [0.2, 0.25) is 10.0 Å². The van der Waals surface area contributed by atoms with E-state index in [1.54, 1.807) is 0 Å². The second-order valence-corrected chi connectivity index (χ2v) is 5.63. The third kappa shape index (κ3) is 3.93. The van der Waals surface area contributed by atoms with E-state index in [-0.39, 0.29) is 23.2 Å². The molecule has 0 atom stereocenters. The van der Waals surface area contributed by atoms with Crippen molar-refractivity contribution in [3.63, 3.8) is 0 Å². The topological polar surface area (TPSA) is 107 Å². The Kier molecular flexibility index (Phi) is 4.65. The monoisotopic (exact) mass is 341 g/mol. The first-order chi connectivity index (χ1) is 8.21. The van der Waals surface area contributed by atoms with Crippen LogP contribution < -0.4 is 9.88 Å². The Morgan fingerprint density at radius 3 is 2.61 bits per heavy atom. The maximum Gasteiger partial charge on any atom is 0.306 e. The highest BCUT2D eigenvalue weighted by atomic mass is 79.9. The van der Waals surface area contributed by atoms with Crippen molar-refractivity contribution < 1.29 is 27.4 Å². The first-order valence-electron chi connectivity index (χ1n) is 4.58. The zero-order valence-electron chi connectivity index (χ0n) is 8.89. The van der Waals surface area contributed by atoms with E-state index in [2.05, 4.69) is 15.9 Å². The Morgan fingerprint density at radius 2 is 2.11 bits per heavy atom. The molecule has 1 aromatic carbocycles. The molecule has 0 aliphatic carbocycles. The predicted molar refractivity (Wildman–Crippen MR) is 63.2 cm³/mol. The molecule has 1 aromatic rings. The lowest BCUT2D eigenvalue weighted by atomic mass is 10.3.